The number of ether oxygens (including phenoxy) is 1. The van der Waals surface area contributed by atoms with Crippen LogP contribution in [-0.4, -0.2) is 51.9 Å². The predicted octanol–water partition coefficient (Wildman–Crippen LogP) is 4.41. The van der Waals surface area contributed by atoms with E-state index in [2.05, 4.69) is 5.32 Å². The van der Waals surface area contributed by atoms with Crippen molar-refractivity contribution in [2.75, 3.05) is 25.0 Å². The smallest absolute Gasteiger partial charge is 0.264 e. The van der Waals surface area contributed by atoms with Gasteiger partial charge in [-0.1, -0.05) is 60.5 Å². The molecule has 202 valence electrons. The topological polar surface area (TPSA) is 96.0 Å². The monoisotopic (exact) mass is 557 g/mol. The number of nitrogens with one attached hydrogen (secondary N) is 1. The highest BCUT2D eigenvalue weighted by Gasteiger charge is 2.34. The van der Waals surface area contributed by atoms with Crippen LogP contribution in [0.2, 0.25) is 5.02 Å². The third kappa shape index (κ3) is 6.65. The van der Waals surface area contributed by atoms with E-state index in [0.29, 0.717) is 17.2 Å². The molecule has 0 saturated heterocycles. The first-order chi connectivity index (χ1) is 18.1. The molecule has 0 unspecified atom stereocenters. The summed E-state index contributed by atoms with van der Waals surface area (Å²) in [4.78, 5) is 28.1. The van der Waals surface area contributed by atoms with E-state index in [1.165, 1.54) is 31.2 Å². The van der Waals surface area contributed by atoms with Gasteiger partial charge in [-0.05, 0) is 55.3 Å². The summed E-state index contributed by atoms with van der Waals surface area (Å²) in [6.45, 7) is 3.20. The number of sulfonamides is 1. The van der Waals surface area contributed by atoms with Crippen molar-refractivity contribution < 1.29 is 22.7 Å². The van der Waals surface area contributed by atoms with Gasteiger partial charge in [0, 0.05) is 18.6 Å². The number of aryl methyl sites for hydroxylation is 1. The van der Waals surface area contributed by atoms with Crippen molar-refractivity contribution >= 4 is 39.1 Å². The molecule has 0 spiro atoms. The van der Waals surface area contributed by atoms with Crippen LogP contribution < -0.4 is 14.4 Å². The Labute approximate surface area is 229 Å². The molecule has 3 rings (SSSR count). The summed E-state index contributed by atoms with van der Waals surface area (Å²) >= 11 is 6.03. The second-order valence-electron chi connectivity index (χ2n) is 8.68. The van der Waals surface area contributed by atoms with Crippen molar-refractivity contribution in [3.05, 3.63) is 88.9 Å². The number of carbonyl (C=O) groups is 2. The van der Waals surface area contributed by atoms with Gasteiger partial charge >= 0.3 is 0 Å². The summed E-state index contributed by atoms with van der Waals surface area (Å²) in [6.07, 6.45) is 0.332. The van der Waals surface area contributed by atoms with Crippen LogP contribution in [-0.2, 0) is 26.2 Å². The molecule has 0 saturated carbocycles. The average molecular weight is 558 g/mol. The molecule has 2 amide bonds. The van der Waals surface area contributed by atoms with E-state index in [9.17, 15) is 18.0 Å². The van der Waals surface area contributed by atoms with Crippen molar-refractivity contribution in [1.29, 1.82) is 0 Å². The lowest BCUT2D eigenvalue weighted by Gasteiger charge is -2.33. The van der Waals surface area contributed by atoms with Crippen LogP contribution in [0.15, 0.2) is 77.7 Å². The normalized spacial score (nSPS) is 11.9. The number of carbonyl (C=O) groups excluding carboxylic acids is 2. The highest BCUT2D eigenvalue weighted by Crippen LogP contribution is 2.32. The molecule has 0 aliphatic carbocycles. The largest absolute Gasteiger partial charge is 0.495 e. The van der Waals surface area contributed by atoms with E-state index in [1.54, 1.807) is 67.6 Å². The van der Waals surface area contributed by atoms with E-state index in [4.69, 9.17) is 16.3 Å². The Hall–Kier alpha value is -3.56. The second-order valence-corrected chi connectivity index (χ2v) is 11.0. The maximum Gasteiger partial charge on any atom is 0.264 e. The van der Waals surface area contributed by atoms with E-state index in [1.807, 2.05) is 6.92 Å². The molecule has 8 nitrogen and oxygen atoms in total. The van der Waals surface area contributed by atoms with Gasteiger partial charge in [0.25, 0.3) is 10.0 Å². The fourth-order valence-electron chi connectivity index (χ4n) is 4.06. The number of methoxy groups -OCH3 is 1. The maximum atomic E-state index is 13.9. The molecular formula is C28H32ClN3O5S. The summed E-state index contributed by atoms with van der Waals surface area (Å²) in [7, 11) is -1.25. The minimum absolute atomic E-state index is 0.0319. The lowest BCUT2D eigenvalue weighted by Crippen LogP contribution is -2.51. The molecule has 1 N–H and O–H groups in total. The molecule has 0 aliphatic heterocycles. The van der Waals surface area contributed by atoms with Gasteiger partial charge in [-0.25, -0.2) is 8.42 Å². The number of para-hydroxylation sites is 2. The zero-order chi connectivity index (χ0) is 27.9. The van der Waals surface area contributed by atoms with Gasteiger partial charge < -0.3 is 15.0 Å². The van der Waals surface area contributed by atoms with Crippen molar-refractivity contribution in [1.82, 2.24) is 10.2 Å². The Morgan fingerprint density at radius 3 is 2.21 bits per heavy atom. The van der Waals surface area contributed by atoms with E-state index < -0.39 is 28.5 Å². The Morgan fingerprint density at radius 2 is 1.63 bits per heavy atom. The molecular weight excluding hydrogens is 526 g/mol. The van der Waals surface area contributed by atoms with Crippen LogP contribution >= 0.6 is 11.6 Å². The number of benzene rings is 3. The zero-order valence-electron chi connectivity index (χ0n) is 21.8. The zero-order valence-corrected chi connectivity index (χ0v) is 23.4. The highest BCUT2D eigenvalue weighted by atomic mass is 35.5. The minimum Gasteiger partial charge on any atom is -0.495 e. The summed E-state index contributed by atoms with van der Waals surface area (Å²) in [5, 5.41) is 3.14. The van der Waals surface area contributed by atoms with Crippen LogP contribution in [0.4, 0.5) is 5.69 Å². The third-order valence-corrected chi connectivity index (χ3v) is 8.17. The molecule has 38 heavy (non-hydrogen) atoms. The Kier molecular flexibility index (Phi) is 9.77. The van der Waals surface area contributed by atoms with Crippen LogP contribution in [0, 0.1) is 6.92 Å². The predicted molar refractivity (Wildman–Crippen MR) is 149 cm³/mol. The number of nitrogens with zero attached hydrogens (tertiary/aromatic N) is 2. The number of anilines is 1. The number of hydrogen-bond donors (Lipinski definition) is 1. The summed E-state index contributed by atoms with van der Waals surface area (Å²) in [5.41, 5.74) is 1.85. The first-order valence-corrected chi connectivity index (χ1v) is 13.9. The third-order valence-electron chi connectivity index (χ3n) is 6.14. The summed E-state index contributed by atoms with van der Waals surface area (Å²) in [5.74, 6) is -0.601. The van der Waals surface area contributed by atoms with Gasteiger partial charge in [0.2, 0.25) is 11.8 Å². The number of hydrogen-bond acceptors (Lipinski definition) is 5. The average Bonchev–Trinajstić information content (AvgIpc) is 2.92. The Balaban J connectivity index is 2.09. The Bertz CT molecular complexity index is 1360. The fourth-order valence-corrected chi connectivity index (χ4v) is 5.61. The molecule has 0 heterocycles. The summed E-state index contributed by atoms with van der Waals surface area (Å²) in [6, 6.07) is 19.1. The number of halogens is 1. The van der Waals surface area contributed by atoms with Gasteiger partial charge in [-0.2, -0.15) is 0 Å². The van der Waals surface area contributed by atoms with E-state index in [-0.39, 0.29) is 23.0 Å². The molecule has 1 atom stereocenters. The highest BCUT2D eigenvalue weighted by molar-refractivity contribution is 7.92. The summed E-state index contributed by atoms with van der Waals surface area (Å²) < 4.78 is 34.3. The van der Waals surface area contributed by atoms with Gasteiger partial charge in [-0.15, -0.1) is 0 Å². The van der Waals surface area contributed by atoms with Crippen LogP contribution in [0.5, 0.6) is 5.75 Å². The van der Waals surface area contributed by atoms with Gasteiger partial charge in [0.1, 0.15) is 18.3 Å². The first kappa shape index (κ1) is 29.0. The van der Waals surface area contributed by atoms with Crippen molar-refractivity contribution in [3.63, 3.8) is 0 Å². The van der Waals surface area contributed by atoms with Gasteiger partial charge in [0.05, 0.1) is 17.7 Å². The molecule has 10 heteroatoms. The van der Waals surface area contributed by atoms with Crippen molar-refractivity contribution in [2.24, 2.45) is 0 Å². The van der Waals surface area contributed by atoms with E-state index in [0.717, 1.165) is 15.4 Å². The molecule has 0 aliphatic rings. The SMILES string of the molecule is CC[C@@H](C(=O)NC)N(Cc1ccc(Cl)cc1)C(=O)CN(c1ccccc1OC)S(=O)(=O)c1ccc(C)cc1. The minimum atomic E-state index is -4.18. The molecule has 0 aromatic heterocycles. The van der Waals surface area contributed by atoms with Crippen LogP contribution in [0.3, 0.4) is 0 Å². The first-order valence-electron chi connectivity index (χ1n) is 12.1. The van der Waals surface area contributed by atoms with E-state index >= 15 is 0 Å². The number of amides is 2. The quantitative estimate of drug-likeness (QED) is 0.377. The molecule has 0 fully saturated rings. The van der Waals surface area contributed by atoms with Crippen molar-refractivity contribution in [3.8, 4) is 5.75 Å². The van der Waals surface area contributed by atoms with Crippen molar-refractivity contribution in [2.45, 2.75) is 37.8 Å². The lowest BCUT2D eigenvalue weighted by molar-refractivity contribution is -0.140. The lowest BCUT2D eigenvalue weighted by atomic mass is 10.1. The van der Waals surface area contributed by atoms with Gasteiger partial charge in [0.15, 0.2) is 0 Å². The Morgan fingerprint density at radius 1 is 1.00 bits per heavy atom. The van der Waals surface area contributed by atoms with Crippen LogP contribution in [0.25, 0.3) is 0 Å². The molecule has 0 radical (unpaired) electrons. The standard InChI is InChI=1S/C28H32ClN3O5S/c1-5-24(28(34)30-3)31(18-21-12-14-22(29)15-13-21)27(33)19-32(25-8-6-7-9-26(25)37-4)38(35,36)23-16-10-20(2)11-17-23/h6-17,24H,5,18-19H2,1-4H3,(H,30,34)/t24-/m0/s1. The van der Waals surface area contributed by atoms with Crippen LogP contribution in [0.1, 0.15) is 24.5 Å². The molecule has 0 bridgehead atoms. The maximum absolute atomic E-state index is 13.9. The fraction of sp³-hybridized carbons (Fsp3) is 0.286. The molecule has 3 aromatic carbocycles. The molecule has 3 aromatic rings. The number of rotatable bonds is 11. The second kappa shape index (κ2) is 12.8. The van der Waals surface area contributed by atoms with Gasteiger partial charge in [-0.3, -0.25) is 13.9 Å². The number of likely N-dealkylation sites (N-methyl/N-ethyl adjacent to an activating group) is 1.